The summed E-state index contributed by atoms with van der Waals surface area (Å²) >= 11 is 0. The van der Waals surface area contributed by atoms with Gasteiger partial charge in [0, 0.05) is 0 Å². The largest absolute Gasteiger partial charge is 0.207 e. The highest BCUT2D eigenvalue weighted by Gasteiger charge is 2.21. The van der Waals surface area contributed by atoms with Crippen molar-refractivity contribution in [2.45, 2.75) is 39.0 Å². The molecule has 78 valence electrons. The van der Waals surface area contributed by atoms with Crippen LogP contribution in [0.15, 0.2) is 18.2 Å². The summed E-state index contributed by atoms with van der Waals surface area (Å²) in [6.45, 7) is 6.49. The summed E-state index contributed by atoms with van der Waals surface area (Å²) in [5, 5.41) is 1.10. The Labute approximate surface area is 88.1 Å². The van der Waals surface area contributed by atoms with Gasteiger partial charge in [0.15, 0.2) is 0 Å². The average molecular weight is 212 g/mol. The molecule has 1 aromatic carbocycles. The van der Waals surface area contributed by atoms with Crippen LogP contribution in [0.3, 0.4) is 0 Å². The van der Waals surface area contributed by atoms with E-state index in [9.17, 15) is 4.39 Å². The monoisotopic (exact) mass is 212 g/mol. The molecular weight excluding hydrogens is 194 g/mol. The van der Waals surface area contributed by atoms with Crippen LogP contribution in [0, 0.1) is 5.82 Å². The summed E-state index contributed by atoms with van der Waals surface area (Å²) < 4.78 is 13.1. The van der Waals surface area contributed by atoms with E-state index in [4.69, 9.17) is 0 Å². The highest BCUT2D eigenvalue weighted by molar-refractivity contribution is 7.27. The van der Waals surface area contributed by atoms with Gasteiger partial charge in [0.1, 0.15) is 5.82 Å². The molecule has 14 heavy (non-hydrogen) atoms. The Bertz CT molecular complexity index is 318. The quantitative estimate of drug-likeness (QED) is 0.673. The number of rotatable bonds is 3. The number of benzene rings is 1. The summed E-state index contributed by atoms with van der Waals surface area (Å²) in [7, 11) is 2.68. The molecular formula is C12H18FP. The van der Waals surface area contributed by atoms with Gasteiger partial charge in [-0.05, 0) is 34.8 Å². The zero-order valence-corrected chi connectivity index (χ0v) is 10.3. The predicted octanol–water partition coefficient (Wildman–Crippen LogP) is 3.40. The van der Waals surface area contributed by atoms with Crippen LogP contribution < -0.4 is 5.30 Å². The van der Waals surface area contributed by atoms with Gasteiger partial charge in [-0.25, -0.2) is 4.39 Å². The molecule has 0 aliphatic heterocycles. The van der Waals surface area contributed by atoms with Crippen molar-refractivity contribution >= 4 is 14.5 Å². The molecule has 0 amide bonds. The van der Waals surface area contributed by atoms with Gasteiger partial charge in [0.2, 0.25) is 0 Å². The SMILES string of the molecule is CCCC(C)(C)c1cc(F)ccc1P. The van der Waals surface area contributed by atoms with Crippen molar-refractivity contribution in [3.63, 3.8) is 0 Å². The van der Waals surface area contributed by atoms with Gasteiger partial charge in [0.25, 0.3) is 0 Å². The fourth-order valence-electron chi connectivity index (χ4n) is 1.87. The van der Waals surface area contributed by atoms with E-state index in [1.165, 1.54) is 6.07 Å². The molecule has 1 atom stereocenters. The molecule has 0 fully saturated rings. The number of hydrogen-bond acceptors (Lipinski definition) is 0. The van der Waals surface area contributed by atoms with Crippen molar-refractivity contribution < 1.29 is 4.39 Å². The molecule has 0 N–H and O–H groups in total. The first-order chi connectivity index (χ1) is 6.47. The predicted molar refractivity (Wildman–Crippen MR) is 63.7 cm³/mol. The van der Waals surface area contributed by atoms with Crippen molar-refractivity contribution in [3.8, 4) is 0 Å². The number of halogens is 1. The van der Waals surface area contributed by atoms with Crippen LogP contribution in [-0.2, 0) is 5.41 Å². The van der Waals surface area contributed by atoms with Crippen LogP contribution in [0.1, 0.15) is 39.2 Å². The van der Waals surface area contributed by atoms with Gasteiger partial charge in [-0.1, -0.05) is 33.3 Å². The van der Waals surface area contributed by atoms with Gasteiger partial charge in [-0.3, -0.25) is 0 Å². The van der Waals surface area contributed by atoms with E-state index in [2.05, 4.69) is 30.0 Å². The van der Waals surface area contributed by atoms with E-state index >= 15 is 0 Å². The lowest BCUT2D eigenvalue weighted by atomic mass is 9.80. The van der Waals surface area contributed by atoms with E-state index in [0.29, 0.717) is 0 Å². The molecule has 0 spiro atoms. The first-order valence-electron chi connectivity index (χ1n) is 5.03. The van der Waals surface area contributed by atoms with E-state index in [1.807, 2.05) is 6.07 Å². The first-order valence-corrected chi connectivity index (χ1v) is 5.60. The van der Waals surface area contributed by atoms with Crippen molar-refractivity contribution in [2.24, 2.45) is 0 Å². The van der Waals surface area contributed by atoms with Crippen LogP contribution in [0.2, 0.25) is 0 Å². The lowest BCUT2D eigenvalue weighted by Gasteiger charge is -2.26. The molecule has 1 unspecified atom stereocenters. The average Bonchev–Trinajstić information content (AvgIpc) is 2.09. The van der Waals surface area contributed by atoms with Crippen LogP contribution in [-0.4, -0.2) is 0 Å². The van der Waals surface area contributed by atoms with Gasteiger partial charge in [-0.2, -0.15) is 0 Å². The lowest BCUT2D eigenvalue weighted by Crippen LogP contribution is -2.23. The zero-order valence-electron chi connectivity index (χ0n) is 9.10. The summed E-state index contributed by atoms with van der Waals surface area (Å²) in [5.74, 6) is -0.143. The molecule has 0 saturated heterocycles. The van der Waals surface area contributed by atoms with Crippen molar-refractivity contribution in [1.29, 1.82) is 0 Å². The Balaban J connectivity index is 3.10. The number of hydrogen-bond donors (Lipinski definition) is 0. The van der Waals surface area contributed by atoms with Crippen LogP contribution in [0.4, 0.5) is 4.39 Å². The maximum atomic E-state index is 13.1. The second kappa shape index (κ2) is 4.40. The van der Waals surface area contributed by atoms with Crippen LogP contribution in [0.25, 0.3) is 0 Å². The molecule has 0 nitrogen and oxygen atoms in total. The molecule has 0 aliphatic carbocycles. The summed E-state index contributed by atoms with van der Waals surface area (Å²) in [4.78, 5) is 0. The molecule has 0 bridgehead atoms. The van der Waals surface area contributed by atoms with Crippen LogP contribution >= 0.6 is 9.24 Å². The van der Waals surface area contributed by atoms with E-state index in [1.54, 1.807) is 6.07 Å². The third kappa shape index (κ3) is 2.54. The Morgan fingerprint density at radius 2 is 2.00 bits per heavy atom. The first kappa shape index (κ1) is 11.7. The topological polar surface area (TPSA) is 0 Å². The molecule has 0 aromatic heterocycles. The molecule has 1 rings (SSSR count). The van der Waals surface area contributed by atoms with E-state index in [0.717, 1.165) is 23.7 Å². The molecule has 0 saturated carbocycles. The fraction of sp³-hybridized carbons (Fsp3) is 0.500. The van der Waals surface area contributed by atoms with Gasteiger partial charge < -0.3 is 0 Å². The lowest BCUT2D eigenvalue weighted by molar-refractivity contribution is 0.472. The van der Waals surface area contributed by atoms with Crippen molar-refractivity contribution in [3.05, 3.63) is 29.6 Å². The Hall–Kier alpha value is -0.420. The second-order valence-electron chi connectivity index (χ2n) is 4.37. The molecule has 1 aromatic rings. The highest BCUT2D eigenvalue weighted by Crippen LogP contribution is 2.28. The molecule has 0 heterocycles. The summed E-state index contributed by atoms with van der Waals surface area (Å²) in [6, 6.07) is 4.98. The van der Waals surface area contributed by atoms with Crippen molar-refractivity contribution in [2.75, 3.05) is 0 Å². The van der Waals surface area contributed by atoms with Gasteiger partial charge in [-0.15, -0.1) is 9.24 Å². The molecule has 2 heteroatoms. The standard InChI is InChI=1S/C12H18FP/c1-4-7-12(2,3)10-8-9(13)5-6-11(10)14/h5-6,8H,4,7,14H2,1-3H3. The Morgan fingerprint density at radius 3 is 2.57 bits per heavy atom. The minimum atomic E-state index is -0.143. The Morgan fingerprint density at radius 1 is 1.36 bits per heavy atom. The van der Waals surface area contributed by atoms with E-state index < -0.39 is 0 Å². The van der Waals surface area contributed by atoms with E-state index in [-0.39, 0.29) is 11.2 Å². The molecule has 0 aliphatic rings. The van der Waals surface area contributed by atoms with Crippen LogP contribution in [0.5, 0.6) is 0 Å². The second-order valence-corrected chi connectivity index (χ2v) is 4.99. The highest BCUT2D eigenvalue weighted by atomic mass is 31.0. The maximum absolute atomic E-state index is 13.1. The zero-order chi connectivity index (χ0) is 10.8. The third-order valence-electron chi connectivity index (χ3n) is 2.62. The summed E-state index contributed by atoms with van der Waals surface area (Å²) in [6.07, 6.45) is 2.20. The minimum Gasteiger partial charge on any atom is -0.207 e. The maximum Gasteiger partial charge on any atom is 0.123 e. The smallest absolute Gasteiger partial charge is 0.123 e. The van der Waals surface area contributed by atoms with Gasteiger partial charge in [0.05, 0.1) is 0 Å². The fourth-order valence-corrected chi connectivity index (χ4v) is 2.44. The Kier molecular flexibility index (Phi) is 3.66. The van der Waals surface area contributed by atoms with Gasteiger partial charge >= 0.3 is 0 Å². The molecule has 0 radical (unpaired) electrons. The third-order valence-corrected chi connectivity index (χ3v) is 3.12. The normalized spacial score (nSPS) is 11.8. The minimum absolute atomic E-state index is 0.0634. The van der Waals surface area contributed by atoms with Crippen molar-refractivity contribution in [1.82, 2.24) is 0 Å². The summed E-state index contributed by atoms with van der Waals surface area (Å²) in [5.41, 5.74) is 1.16.